The topological polar surface area (TPSA) is 61.8 Å². The molecule has 2 N–H and O–H groups in total. The Kier molecular flexibility index (Phi) is 4.31. The van der Waals surface area contributed by atoms with Crippen LogP contribution in [-0.2, 0) is 9.53 Å². The lowest BCUT2D eigenvalue weighted by atomic mass is 10.2. The minimum atomic E-state index is -0.825. The molecule has 0 aromatic heterocycles. The van der Waals surface area contributed by atoms with Crippen molar-refractivity contribution in [1.82, 2.24) is 10.2 Å². The summed E-state index contributed by atoms with van der Waals surface area (Å²) in [6.07, 6.45) is 0.107. The molecule has 82 valence electrons. The molecule has 1 saturated heterocycles. The number of likely N-dealkylation sites (N-methyl/N-ethyl adjacent to an activating group) is 1. The van der Waals surface area contributed by atoms with Crippen LogP contribution in [0.3, 0.4) is 0 Å². The molecule has 1 aliphatic rings. The first-order valence-corrected chi connectivity index (χ1v) is 4.86. The number of ether oxygens (including phenoxy) is 1. The minimum absolute atomic E-state index is 0.107. The molecule has 5 nitrogen and oxygen atoms in total. The van der Waals surface area contributed by atoms with Gasteiger partial charge in [-0.25, -0.2) is 0 Å². The fraction of sp³-hybridized carbons (Fsp3) is 0.889. The van der Waals surface area contributed by atoms with Crippen molar-refractivity contribution in [3.63, 3.8) is 0 Å². The Labute approximate surface area is 84.0 Å². The summed E-state index contributed by atoms with van der Waals surface area (Å²) in [5.41, 5.74) is 0. The lowest BCUT2D eigenvalue weighted by Crippen LogP contribution is -2.47. The smallest absolute Gasteiger partial charge is 0.320 e. The Morgan fingerprint density at radius 1 is 1.79 bits per heavy atom. The zero-order chi connectivity index (χ0) is 10.6. The first-order valence-electron chi connectivity index (χ1n) is 4.86. The van der Waals surface area contributed by atoms with Crippen LogP contribution in [0.1, 0.15) is 6.92 Å². The number of nitrogens with zero attached hydrogens (tertiary/aromatic N) is 1. The summed E-state index contributed by atoms with van der Waals surface area (Å²) in [6.45, 7) is 4.77. The van der Waals surface area contributed by atoms with E-state index in [0.717, 1.165) is 19.7 Å². The molecular formula is C9H18N2O3. The van der Waals surface area contributed by atoms with Crippen molar-refractivity contribution in [2.24, 2.45) is 0 Å². The zero-order valence-corrected chi connectivity index (χ0v) is 8.69. The van der Waals surface area contributed by atoms with E-state index in [9.17, 15) is 4.79 Å². The molecule has 1 rings (SSSR count). The highest BCUT2D eigenvalue weighted by Crippen LogP contribution is 2.01. The van der Waals surface area contributed by atoms with Gasteiger partial charge in [0.15, 0.2) is 0 Å². The minimum Gasteiger partial charge on any atom is -0.480 e. The molecule has 1 fully saturated rings. The fourth-order valence-electron chi connectivity index (χ4n) is 1.39. The van der Waals surface area contributed by atoms with Crippen LogP contribution in [0, 0.1) is 0 Å². The predicted molar refractivity (Wildman–Crippen MR) is 52.3 cm³/mol. The average molecular weight is 202 g/mol. The second kappa shape index (κ2) is 5.29. The van der Waals surface area contributed by atoms with Gasteiger partial charge in [0.25, 0.3) is 0 Å². The van der Waals surface area contributed by atoms with Gasteiger partial charge >= 0.3 is 5.97 Å². The molecule has 5 heteroatoms. The van der Waals surface area contributed by atoms with E-state index in [4.69, 9.17) is 9.84 Å². The van der Waals surface area contributed by atoms with E-state index in [1.165, 1.54) is 0 Å². The SMILES string of the molecule is C[C@H](NCC1CN(C)CCO1)C(=O)O. The van der Waals surface area contributed by atoms with E-state index >= 15 is 0 Å². The van der Waals surface area contributed by atoms with Crippen molar-refractivity contribution < 1.29 is 14.6 Å². The number of carbonyl (C=O) groups is 1. The summed E-state index contributed by atoms with van der Waals surface area (Å²) >= 11 is 0. The largest absolute Gasteiger partial charge is 0.480 e. The molecule has 0 radical (unpaired) electrons. The summed E-state index contributed by atoms with van der Waals surface area (Å²) in [5, 5.41) is 11.6. The third-order valence-corrected chi connectivity index (χ3v) is 2.36. The molecular weight excluding hydrogens is 184 g/mol. The van der Waals surface area contributed by atoms with E-state index in [2.05, 4.69) is 10.2 Å². The quantitative estimate of drug-likeness (QED) is 0.636. The van der Waals surface area contributed by atoms with Crippen LogP contribution in [0.5, 0.6) is 0 Å². The number of hydrogen-bond acceptors (Lipinski definition) is 4. The summed E-state index contributed by atoms with van der Waals surface area (Å²) in [4.78, 5) is 12.7. The number of carboxylic acids is 1. The molecule has 2 atom stereocenters. The van der Waals surface area contributed by atoms with Crippen molar-refractivity contribution in [3.05, 3.63) is 0 Å². The standard InChI is InChI=1S/C9H18N2O3/c1-7(9(12)13)10-5-8-6-11(2)3-4-14-8/h7-8,10H,3-6H2,1-2H3,(H,12,13)/t7-,8?/m0/s1. The third-order valence-electron chi connectivity index (χ3n) is 2.36. The number of carboxylic acid groups (broad SMARTS) is 1. The maximum absolute atomic E-state index is 10.5. The average Bonchev–Trinajstić information content (AvgIpc) is 2.14. The number of aliphatic carboxylic acids is 1. The molecule has 0 amide bonds. The van der Waals surface area contributed by atoms with Crippen LogP contribution in [0.25, 0.3) is 0 Å². The molecule has 1 aliphatic heterocycles. The Morgan fingerprint density at radius 3 is 3.07 bits per heavy atom. The van der Waals surface area contributed by atoms with Crippen LogP contribution >= 0.6 is 0 Å². The first-order chi connectivity index (χ1) is 6.59. The first kappa shape index (κ1) is 11.4. The highest BCUT2D eigenvalue weighted by molar-refractivity contribution is 5.72. The van der Waals surface area contributed by atoms with Crippen molar-refractivity contribution in [2.75, 3.05) is 33.3 Å². The van der Waals surface area contributed by atoms with Crippen LogP contribution in [-0.4, -0.2) is 61.4 Å². The molecule has 0 saturated carbocycles. The number of nitrogens with one attached hydrogen (secondary N) is 1. The van der Waals surface area contributed by atoms with Gasteiger partial charge in [-0.15, -0.1) is 0 Å². The Hall–Kier alpha value is -0.650. The van der Waals surface area contributed by atoms with E-state index in [1.807, 2.05) is 7.05 Å². The van der Waals surface area contributed by atoms with Crippen molar-refractivity contribution in [3.8, 4) is 0 Å². The number of morpholine rings is 1. The molecule has 1 unspecified atom stereocenters. The molecule has 0 aromatic carbocycles. The normalized spacial score (nSPS) is 26.0. The van der Waals surface area contributed by atoms with Crippen LogP contribution in [0.15, 0.2) is 0 Å². The van der Waals surface area contributed by atoms with Crippen molar-refractivity contribution in [2.45, 2.75) is 19.1 Å². The predicted octanol–water partition coefficient (Wildman–Crippen LogP) is -0.620. The summed E-state index contributed by atoms with van der Waals surface area (Å²) in [5.74, 6) is -0.825. The summed E-state index contributed by atoms with van der Waals surface area (Å²) in [7, 11) is 2.04. The lowest BCUT2D eigenvalue weighted by Gasteiger charge is -2.30. The van der Waals surface area contributed by atoms with Gasteiger partial charge in [0, 0.05) is 19.6 Å². The molecule has 0 spiro atoms. The van der Waals surface area contributed by atoms with Gasteiger partial charge in [-0.3, -0.25) is 4.79 Å². The second-order valence-electron chi connectivity index (χ2n) is 3.72. The maximum atomic E-state index is 10.5. The van der Waals surface area contributed by atoms with E-state index in [-0.39, 0.29) is 6.10 Å². The van der Waals surface area contributed by atoms with Gasteiger partial charge in [0.2, 0.25) is 0 Å². The van der Waals surface area contributed by atoms with Crippen molar-refractivity contribution >= 4 is 5.97 Å². The van der Waals surface area contributed by atoms with Gasteiger partial charge in [-0.1, -0.05) is 0 Å². The van der Waals surface area contributed by atoms with Gasteiger partial charge in [0.1, 0.15) is 6.04 Å². The zero-order valence-electron chi connectivity index (χ0n) is 8.69. The van der Waals surface area contributed by atoms with Crippen LogP contribution in [0.2, 0.25) is 0 Å². The molecule has 0 aliphatic carbocycles. The van der Waals surface area contributed by atoms with Gasteiger partial charge in [0.05, 0.1) is 12.7 Å². The van der Waals surface area contributed by atoms with E-state index < -0.39 is 12.0 Å². The molecule has 14 heavy (non-hydrogen) atoms. The monoisotopic (exact) mass is 202 g/mol. The van der Waals surface area contributed by atoms with Crippen LogP contribution < -0.4 is 5.32 Å². The number of rotatable bonds is 4. The van der Waals surface area contributed by atoms with Gasteiger partial charge < -0.3 is 20.1 Å². The van der Waals surface area contributed by atoms with E-state index in [1.54, 1.807) is 6.92 Å². The third kappa shape index (κ3) is 3.61. The van der Waals surface area contributed by atoms with E-state index in [0.29, 0.717) is 6.54 Å². The highest BCUT2D eigenvalue weighted by Gasteiger charge is 2.19. The van der Waals surface area contributed by atoms with Gasteiger partial charge in [-0.05, 0) is 14.0 Å². The second-order valence-corrected chi connectivity index (χ2v) is 3.72. The van der Waals surface area contributed by atoms with Crippen LogP contribution in [0.4, 0.5) is 0 Å². The summed E-state index contributed by atoms with van der Waals surface area (Å²) in [6, 6.07) is -0.508. The summed E-state index contributed by atoms with van der Waals surface area (Å²) < 4.78 is 5.48. The Morgan fingerprint density at radius 2 is 2.50 bits per heavy atom. The highest BCUT2D eigenvalue weighted by atomic mass is 16.5. The molecule has 1 heterocycles. The molecule has 0 bridgehead atoms. The maximum Gasteiger partial charge on any atom is 0.320 e. The van der Waals surface area contributed by atoms with Crippen molar-refractivity contribution in [1.29, 1.82) is 0 Å². The van der Waals surface area contributed by atoms with Gasteiger partial charge in [-0.2, -0.15) is 0 Å². The molecule has 0 aromatic rings. The Bertz CT molecular complexity index is 198. The Balaban J connectivity index is 2.20. The number of hydrogen-bond donors (Lipinski definition) is 2. The fourth-order valence-corrected chi connectivity index (χ4v) is 1.39. The lowest BCUT2D eigenvalue weighted by molar-refractivity contribution is -0.139.